The van der Waals surface area contributed by atoms with E-state index in [9.17, 15) is 4.79 Å². The number of hydrogen-bond donors (Lipinski definition) is 1. The Balaban J connectivity index is 1.61. The van der Waals surface area contributed by atoms with E-state index in [1.807, 2.05) is 42.5 Å². The average Bonchev–Trinajstić information content (AvgIpc) is 2.79. The van der Waals surface area contributed by atoms with E-state index in [0.717, 1.165) is 27.6 Å². The van der Waals surface area contributed by atoms with Crippen LogP contribution < -0.4 is 19.5 Å². The summed E-state index contributed by atoms with van der Waals surface area (Å²) in [5.74, 6) is 1.60. The molecule has 0 heterocycles. The van der Waals surface area contributed by atoms with Gasteiger partial charge in [0.1, 0.15) is 11.8 Å². The molecule has 3 aromatic carbocycles. The Bertz CT molecular complexity index is 1120. The minimum Gasteiger partial charge on any atom is -0.497 e. The predicted molar refractivity (Wildman–Crippen MR) is 115 cm³/mol. The fourth-order valence-electron chi connectivity index (χ4n) is 2.95. The summed E-state index contributed by atoms with van der Waals surface area (Å²) in [6, 6.07) is 19.1. The number of benzene rings is 3. The number of ether oxygens (including phenoxy) is 3. The Morgan fingerprint density at radius 2 is 1.80 bits per heavy atom. The molecule has 0 unspecified atom stereocenters. The second kappa shape index (κ2) is 9.99. The summed E-state index contributed by atoms with van der Waals surface area (Å²) in [6.07, 6.45) is 3.16. The number of rotatable bonds is 8. The van der Waals surface area contributed by atoms with Gasteiger partial charge in [0.05, 0.1) is 14.2 Å². The summed E-state index contributed by atoms with van der Waals surface area (Å²) >= 11 is 0. The summed E-state index contributed by atoms with van der Waals surface area (Å²) in [5, 5.41) is 13.7. The molecule has 0 radical (unpaired) electrons. The first kappa shape index (κ1) is 20.7. The van der Waals surface area contributed by atoms with Crippen LogP contribution in [0.5, 0.6) is 17.2 Å². The summed E-state index contributed by atoms with van der Waals surface area (Å²) in [5.41, 5.74) is 1.79. The van der Waals surface area contributed by atoms with Gasteiger partial charge in [-0.25, -0.2) is 0 Å². The largest absolute Gasteiger partial charge is 0.497 e. The molecule has 152 valence electrons. The van der Waals surface area contributed by atoms with E-state index in [0.29, 0.717) is 18.0 Å². The van der Waals surface area contributed by atoms with Gasteiger partial charge in [-0.2, -0.15) is 5.26 Å². The van der Waals surface area contributed by atoms with Crippen LogP contribution in [0.2, 0.25) is 0 Å². The lowest BCUT2D eigenvalue weighted by Gasteiger charge is -2.09. The molecule has 0 aliphatic heterocycles. The lowest BCUT2D eigenvalue weighted by molar-refractivity contribution is -0.116. The van der Waals surface area contributed by atoms with E-state index in [4.69, 9.17) is 19.5 Å². The smallest absolute Gasteiger partial charge is 0.244 e. The molecule has 0 aromatic heterocycles. The number of amides is 1. The number of hydrogen-bond acceptors (Lipinski definition) is 5. The van der Waals surface area contributed by atoms with Gasteiger partial charge in [-0.3, -0.25) is 4.79 Å². The molecule has 0 aliphatic carbocycles. The number of fused-ring (bicyclic) bond motifs is 1. The molecule has 0 saturated heterocycles. The van der Waals surface area contributed by atoms with Crippen molar-refractivity contribution >= 4 is 22.8 Å². The number of carbonyl (C=O) groups excluding carboxylic acids is 1. The van der Waals surface area contributed by atoms with Crippen LogP contribution in [0, 0.1) is 11.3 Å². The Kier molecular flexibility index (Phi) is 6.91. The van der Waals surface area contributed by atoms with E-state index in [1.54, 1.807) is 31.4 Å². The highest BCUT2D eigenvalue weighted by Gasteiger charge is 2.05. The fraction of sp³-hybridized carbons (Fsp3) is 0.167. The lowest BCUT2D eigenvalue weighted by Crippen LogP contribution is -2.20. The monoisotopic (exact) mass is 402 g/mol. The van der Waals surface area contributed by atoms with E-state index >= 15 is 0 Å². The second-order valence-corrected chi connectivity index (χ2v) is 6.46. The van der Waals surface area contributed by atoms with Crippen LogP contribution >= 0.6 is 0 Å². The van der Waals surface area contributed by atoms with Gasteiger partial charge < -0.3 is 19.5 Å². The highest BCUT2D eigenvalue weighted by atomic mass is 16.5. The van der Waals surface area contributed by atoms with Crippen molar-refractivity contribution in [3.63, 3.8) is 0 Å². The molecule has 6 nitrogen and oxygen atoms in total. The second-order valence-electron chi connectivity index (χ2n) is 6.46. The maximum atomic E-state index is 12.2. The minimum absolute atomic E-state index is 0.0593. The Labute approximate surface area is 175 Å². The average molecular weight is 402 g/mol. The standard InChI is InChI=1S/C24H22N2O4/c1-28-21-8-7-19-13-18(3-6-20(19)15-21)16-26-24(27)10-5-17-4-9-22(30-12-11-25)23(14-17)29-2/h3-10,13-15H,12,16H2,1-2H3,(H,26,27)/b10-5+. The first-order valence-electron chi connectivity index (χ1n) is 9.33. The number of nitriles is 1. The van der Waals surface area contributed by atoms with Gasteiger partial charge in [0, 0.05) is 12.6 Å². The van der Waals surface area contributed by atoms with Crippen LogP contribution in [0.15, 0.2) is 60.7 Å². The van der Waals surface area contributed by atoms with Crippen LogP contribution in [0.4, 0.5) is 0 Å². The zero-order valence-corrected chi connectivity index (χ0v) is 16.8. The molecule has 1 N–H and O–H groups in total. The first-order valence-corrected chi connectivity index (χ1v) is 9.33. The SMILES string of the molecule is COc1ccc2cc(CNC(=O)/C=C/c3ccc(OCC#N)c(OC)c3)ccc2c1. The van der Waals surface area contributed by atoms with Crippen molar-refractivity contribution in [1.82, 2.24) is 5.32 Å². The van der Waals surface area contributed by atoms with E-state index in [2.05, 4.69) is 5.32 Å². The maximum Gasteiger partial charge on any atom is 0.244 e. The Morgan fingerprint density at radius 3 is 2.57 bits per heavy atom. The van der Waals surface area contributed by atoms with E-state index < -0.39 is 0 Å². The normalized spacial score (nSPS) is 10.6. The summed E-state index contributed by atoms with van der Waals surface area (Å²) in [6.45, 7) is 0.367. The van der Waals surface area contributed by atoms with Crippen molar-refractivity contribution in [2.75, 3.05) is 20.8 Å². The lowest BCUT2D eigenvalue weighted by atomic mass is 10.1. The first-order chi connectivity index (χ1) is 14.6. The van der Waals surface area contributed by atoms with Gasteiger partial charge in [-0.15, -0.1) is 0 Å². The summed E-state index contributed by atoms with van der Waals surface area (Å²) < 4.78 is 15.8. The van der Waals surface area contributed by atoms with Crippen molar-refractivity contribution in [1.29, 1.82) is 5.26 Å². The zero-order chi connectivity index (χ0) is 21.3. The van der Waals surface area contributed by atoms with Crippen LogP contribution in [0.25, 0.3) is 16.8 Å². The van der Waals surface area contributed by atoms with Crippen LogP contribution in [-0.2, 0) is 11.3 Å². The number of carbonyl (C=O) groups is 1. The van der Waals surface area contributed by atoms with Crippen molar-refractivity contribution in [2.45, 2.75) is 6.54 Å². The van der Waals surface area contributed by atoms with Gasteiger partial charge in [0.2, 0.25) is 5.91 Å². The van der Waals surface area contributed by atoms with Crippen molar-refractivity contribution < 1.29 is 19.0 Å². The molecule has 0 aliphatic rings. The number of nitrogens with zero attached hydrogens (tertiary/aromatic N) is 1. The molecule has 1 amide bonds. The maximum absolute atomic E-state index is 12.2. The van der Waals surface area contributed by atoms with Crippen molar-refractivity contribution in [3.05, 3.63) is 71.8 Å². The molecular formula is C24H22N2O4. The molecule has 0 fully saturated rings. The van der Waals surface area contributed by atoms with E-state index in [-0.39, 0.29) is 12.5 Å². The third-order valence-corrected chi connectivity index (χ3v) is 4.49. The number of nitrogens with one attached hydrogen (secondary N) is 1. The zero-order valence-electron chi connectivity index (χ0n) is 16.8. The van der Waals surface area contributed by atoms with Gasteiger partial charge in [-0.1, -0.05) is 24.3 Å². The minimum atomic E-state index is -0.200. The fourth-order valence-corrected chi connectivity index (χ4v) is 2.95. The van der Waals surface area contributed by atoms with Gasteiger partial charge in [-0.05, 0) is 58.3 Å². The molecule has 6 heteroatoms. The van der Waals surface area contributed by atoms with E-state index in [1.165, 1.54) is 13.2 Å². The molecule has 0 atom stereocenters. The van der Waals surface area contributed by atoms with Crippen LogP contribution in [-0.4, -0.2) is 26.7 Å². The molecular weight excluding hydrogens is 380 g/mol. The summed E-state index contributed by atoms with van der Waals surface area (Å²) in [4.78, 5) is 12.2. The third kappa shape index (κ3) is 5.30. The molecule has 0 saturated carbocycles. The molecule has 0 bridgehead atoms. The highest BCUT2D eigenvalue weighted by molar-refractivity contribution is 5.92. The topological polar surface area (TPSA) is 80.6 Å². The highest BCUT2D eigenvalue weighted by Crippen LogP contribution is 2.28. The van der Waals surface area contributed by atoms with Crippen molar-refractivity contribution in [2.24, 2.45) is 0 Å². The number of methoxy groups -OCH3 is 2. The summed E-state index contributed by atoms with van der Waals surface area (Å²) in [7, 11) is 3.17. The van der Waals surface area contributed by atoms with Gasteiger partial charge in [0.25, 0.3) is 0 Å². The Morgan fingerprint density at radius 1 is 1.00 bits per heavy atom. The van der Waals surface area contributed by atoms with Crippen LogP contribution in [0.1, 0.15) is 11.1 Å². The molecule has 30 heavy (non-hydrogen) atoms. The van der Waals surface area contributed by atoms with Gasteiger partial charge in [0.15, 0.2) is 18.1 Å². The van der Waals surface area contributed by atoms with Crippen LogP contribution in [0.3, 0.4) is 0 Å². The molecule has 3 rings (SSSR count). The van der Waals surface area contributed by atoms with Gasteiger partial charge >= 0.3 is 0 Å². The Hall–Kier alpha value is -3.98. The quantitative estimate of drug-likeness (QED) is 0.574. The molecule has 3 aromatic rings. The third-order valence-electron chi connectivity index (χ3n) is 4.49. The predicted octanol–water partition coefficient (Wildman–Crippen LogP) is 4.09. The van der Waals surface area contributed by atoms with Crippen molar-refractivity contribution in [3.8, 4) is 23.3 Å². The molecule has 0 spiro atoms.